The lowest BCUT2D eigenvalue weighted by atomic mass is 9.82. The number of nitrogens with zero attached hydrogens (tertiary/aromatic N) is 2. The van der Waals surface area contributed by atoms with Crippen molar-refractivity contribution in [1.29, 1.82) is 0 Å². The van der Waals surface area contributed by atoms with Crippen molar-refractivity contribution in [2.24, 2.45) is 0 Å². The van der Waals surface area contributed by atoms with Crippen LogP contribution in [0.25, 0.3) is 88.9 Å². The van der Waals surface area contributed by atoms with E-state index in [9.17, 15) is 0 Å². The second-order valence-corrected chi connectivity index (χ2v) is 14.6. The summed E-state index contributed by atoms with van der Waals surface area (Å²) in [7, 11) is 0. The zero-order valence-corrected chi connectivity index (χ0v) is 29.7. The second kappa shape index (κ2) is 11.3. The number of aryl methyl sites for hydroxylation is 2. The Balaban J connectivity index is 1.29. The van der Waals surface area contributed by atoms with Gasteiger partial charge in [-0.25, -0.2) is 9.97 Å². The number of fused-ring (bicyclic) bond motifs is 7. The summed E-state index contributed by atoms with van der Waals surface area (Å²) >= 11 is 0. The van der Waals surface area contributed by atoms with Gasteiger partial charge >= 0.3 is 0 Å². The highest BCUT2D eigenvalue weighted by molar-refractivity contribution is 6.12. The van der Waals surface area contributed by atoms with Crippen molar-refractivity contribution in [1.82, 2.24) is 9.97 Å². The number of aromatic nitrogens is 2. The third kappa shape index (κ3) is 4.45. The van der Waals surface area contributed by atoms with Gasteiger partial charge in [0.05, 0.1) is 11.2 Å². The number of rotatable bonds is 4. The van der Waals surface area contributed by atoms with Crippen LogP contribution in [0.2, 0.25) is 0 Å². The molecule has 2 aromatic heterocycles. The van der Waals surface area contributed by atoms with Crippen molar-refractivity contribution in [3.8, 4) is 56.0 Å². The first kappa shape index (κ1) is 30.5. The van der Waals surface area contributed by atoms with Gasteiger partial charge in [0.2, 0.25) is 0 Å². The van der Waals surface area contributed by atoms with Crippen LogP contribution in [-0.4, -0.2) is 9.97 Å². The summed E-state index contributed by atoms with van der Waals surface area (Å²) in [6.45, 7) is 9.06. The summed E-state index contributed by atoms with van der Waals surface area (Å²) in [4.78, 5) is 10.9. The molecular formula is C49H36N2O. The van der Waals surface area contributed by atoms with E-state index in [4.69, 9.17) is 14.4 Å². The minimum atomic E-state index is -0.135. The molecule has 0 radical (unpaired) electrons. The van der Waals surface area contributed by atoms with Crippen molar-refractivity contribution >= 4 is 32.8 Å². The van der Waals surface area contributed by atoms with E-state index in [1.54, 1.807) is 0 Å². The molecule has 0 aliphatic heterocycles. The molecule has 3 nitrogen and oxygen atoms in total. The molecule has 0 spiro atoms. The maximum Gasteiger partial charge on any atom is 0.161 e. The van der Waals surface area contributed by atoms with Crippen molar-refractivity contribution in [3.63, 3.8) is 0 Å². The first-order valence-corrected chi connectivity index (χ1v) is 18.0. The molecule has 0 atom stereocenters. The first-order chi connectivity index (χ1) is 25.4. The predicted molar refractivity (Wildman–Crippen MR) is 216 cm³/mol. The molecule has 0 fully saturated rings. The molecule has 2 heterocycles. The van der Waals surface area contributed by atoms with Gasteiger partial charge in [-0.05, 0) is 93.7 Å². The van der Waals surface area contributed by atoms with Gasteiger partial charge in [-0.15, -0.1) is 0 Å². The van der Waals surface area contributed by atoms with E-state index in [2.05, 4.69) is 149 Å². The molecule has 3 heteroatoms. The van der Waals surface area contributed by atoms with Gasteiger partial charge in [0.25, 0.3) is 0 Å². The van der Waals surface area contributed by atoms with Gasteiger partial charge in [-0.3, -0.25) is 0 Å². The van der Waals surface area contributed by atoms with Gasteiger partial charge in [0, 0.05) is 32.7 Å². The molecule has 7 aromatic carbocycles. The van der Waals surface area contributed by atoms with Crippen molar-refractivity contribution in [2.45, 2.75) is 33.1 Å². The Hall–Kier alpha value is -6.32. The topological polar surface area (TPSA) is 38.9 Å². The molecule has 0 unspecified atom stereocenters. The highest BCUT2D eigenvalue weighted by atomic mass is 16.3. The molecule has 0 amide bonds. The largest absolute Gasteiger partial charge is 0.456 e. The summed E-state index contributed by atoms with van der Waals surface area (Å²) in [6.07, 6.45) is 0. The smallest absolute Gasteiger partial charge is 0.161 e. The zero-order valence-electron chi connectivity index (χ0n) is 29.7. The number of furan rings is 1. The van der Waals surface area contributed by atoms with Gasteiger partial charge in [0.15, 0.2) is 5.82 Å². The number of benzene rings is 7. The van der Waals surface area contributed by atoms with Crippen LogP contribution < -0.4 is 0 Å². The molecule has 248 valence electrons. The summed E-state index contributed by atoms with van der Waals surface area (Å²) in [5, 5.41) is 3.12. The standard InChI is InChI=1S/C49H36N2O/c1-29-14-5-6-16-32(29)44-30(2)15-11-19-33(44)31-26-27-41-38(28-31)47(36-20-12-23-40-45(36)34-17-7-9-22-39(34)49(40,3)4)51-48(50-41)37-21-13-25-43-46(37)35-18-8-10-24-42(35)52-43/h5-28H,1-4H3. The molecule has 0 bridgehead atoms. The molecule has 52 heavy (non-hydrogen) atoms. The maximum absolute atomic E-state index is 6.31. The van der Waals surface area contributed by atoms with E-state index in [1.165, 1.54) is 50.1 Å². The van der Waals surface area contributed by atoms with E-state index >= 15 is 0 Å². The summed E-state index contributed by atoms with van der Waals surface area (Å²) in [5.74, 6) is 0.687. The quantitative estimate of drug-likeness (QED) is 0.187. The van der Waals surface area contributed by atoms with Gasteiger partial charge < -0.3 is 4.42 Å². The highest BCUT2D eigenvalue weighted by Gasteiger charge is 2.37. The lowest BCUT2D eigenvalue weighted by Crippen LogP contribution is -2.14. The molecule has 1 aliphatic rings. The van der Waals surface area contributed by atoms with E-state index in [0.717, 1.165) is 55.2 Å². The molecule has 1 aliphatic carbocycles. The Morgan fingerprint density at radius 3 is 2.02 bits per heavy atom. The second-order valence-electron chi connectivity index (χ2n) is 14.6. The third-order valence-corrected chi connectivity index (χ3v) is 11.2. The molecule has 10 rings (SSSR count). The summed E-state index contributed by atoms with van der Waals surface area (Å²) in [5.41, 5.74) is 18.0. The van der Waals surface area contributed by atoms with Crippen molar-refractivity contribution in [2.75, 3.05) is 0 Å². The molecule has 0 saturated carbocycles. The van der Waals surface area contributed by atoms with Gasteiger partial charge in [0.1, 0.15) is 11.2 Å². The Bertz CT molecular complexity index is 2910. The Labute approximate surface area is 303 Å². The molecule has 0 N–H and O–H groups in total. The lowest BCUT2D eigenvalue weighted by Gasteiger charge is -2.21. The Morgan fingerprint density at radius 2 is 1.13 bits per heavy atom. The summed E-state index contributed by atoms with van der Waals surface area (Å²) < 4.78 is 6.31. The number of hydrogen-bond donors (Lipinski definition) is 0. The van der Waals surface area contributed by atoms with Crippen LogP contribution in [0.4, 0.5) is 0 Å². The Kier molecular flexibility index (Phi) is 6.65. The van der Waals surface area contributed by atoms with Crippen molar-refractivity contribution < 1.29 is 4.42 Å². The third-order valence-electron chi connectivity index (χ3n) is 11.2. The molecule has 0 saturated heterocycles. The van der Waals surface area contributed by atoms with Crippen LogP contribution in [0, 0.1) is 13.8 Å². The normalized spacial score (nSPS) is 13.2. The SMILES string of the molecule is Cc1ccccc1-c1c(C)cccc1-c1ccc2nc(-c3cccc4oc5ccccc5c34)nc(-c3cccc4c3-c3ccccc3C4(C)C)c2c1. The van der Waals surface area contributed by atoms with E-state index in [-0.39, 0.29) is 5.41 Å². The average molecular weight is 669 g/mol. The number of para-hydroxylation sites is 1. The fourth-order valence-electron chi connectivity index (χ4n) is 8.65. The fourth-order valence-corrected chi connectivity index (χ4v) is 8.65. The number of hydrogen-bond acceptors (Lipinski definition) is 3. The predicted octanol–water partition coefficient (Wildman–Crippen LogP) is 13.1. The van der Waals surface area contributed by atoms with Crippen LogP contribution in [0.5, 0.6) is 0 Å². The highest BCUT2D eigenvalue weighted by Crippen LogP contribution is 2.52. The molecule has 9 aromatic rings. The van der Waals surface area contributed by atoms with Crippen LogP contribution in [0.1, 0.15) is 36.1 Å². The van der Waals surface area contributed by atoms with Crippen LogP contribution in [0.3, 0.4) is 0 Å². The minimum absolute atomic E-state index is 0.135. The van der Waals surface area contributed by atoms with Gasteiger partial charge in [-0.2, -0.15) is 0 Å². The van der Waals surface area contributed by atoms with Gasteiger partial charge in [-0.1, -0.05) is 135 Å². The van der Waals surface area contributed by atoms with Crippen LogP contribution in [0.15, 0.2) is 150 Å². The fraction of sp³-hybridized carbons (Fsp3) is 0.102. The van der Waals surface area contributed by atoms with Crippen LogP contribution >= 0.6 is 0 Å². The minimum Gasteiger partial charge on any atom is -0.456 e. The molecular weight excluding hydrogens is 633 g/mol. The van der Waals surface area contributed by atoms with E-state index in [1.807, 2.05) is 24.3 Å². The first-order valence-electron chi connectivity index (χ1n) is 18.0. The van der Waals surface area contributed by atoms with E-state index in [0.29, 0.717) is 5.82 Å². The summed E-state index contributed by atoms with van der Waals surface area (Å²) in [6, 6.07) is 52.0. The van der Waals surface area contributed by atoms with Crippen LogP contribution in [-0.2, 0) is 5.41 Å². The zero-order chi connectivity index (χ0) is 35.1. The average Bonchev–Trinajstić information content (AvgIpc) is 3.67. The maximum atomic E-state index is 6.31. The van der Waals surface area contributed by atoms with Crippen molar-refractivity contribution in [3.05, 3.63) is 168 Å². The Morgan fingerprint density at radius 1 is 0.481 bits per heavy atom. The van der Waals surface area contributed by atoms with E-state index < -0.39 is 0 Å². The monoisotopic (exact) mass is 668 g/mol. The lowest BCUT2D eigenvalue weighted by molar-refractivity contribution is 0.660.